The van der Waals surface area contributed by atoms with Crippen LogP contribution in [0.5, 0.6) is 0 Å². The van der Waals surface area contributed by atoms with Crippen LogP contribution in [-0.4, -0.2) is 60.1 Å². The van der Waals surface area contributed by atoms with E-state index in [4.69, 9.17) is 11.6 Å². The summed E-state index contributed by atoms with van der Waals surface area (Å²) in [5.41, 5.74) is 0.520. The molecule has 2 heterocycles. The second kappa shape index (κ2) is 9.24. The molecule has 2 unspecified atom stereocenters. The number of nitrogens with zero attached hydrogens (tertiary/aromatic N) is 2. The third kappa shape index (κ3) is 3.84. The van der Waals surface area contributed by atoms with Crippen LogP contribution in [0.25, 0.3) is 11.1 Å². The van der Waals surface area contributed by atoms with Crippen LogP contribution in [0.4, 0.5) is 10.1 Å². The van der Waals surface area contributed by atoms with E-state index < -0.39 is 29.2 Å². The number of hydrogen-bond acceptors (Lipinski definition) is 5. The molecule has 3 aliphatic rings. The molecule has 6 nitrogen and oxygen atoms in total. The molecule has 1 aliphatic carbocycles. The summed E-state index contributed by atoms with van der Waals surface area (Å²) in [6.45, 7) is 2.40. The molecule has 0 aromatic heterocycles. The molecule has 2 N–H and O–H groups in total. The van der Waals surface area contributed by atoms with Crippen LogP contribution in [0.3, 0.4) is 0 Å². The summed E-state index contributed by atoms with van der Waals surface area (Å²) in [6, 6.07) is 19.5. The first-order valence-corrected chi connectivity index (χ1v) is 13.0. The maximum Gasteiger partial charge on any atom is 0.325 e. The van der Waals surface area contributed by atoms with Gasteiger partial charge in [0.1, 0.15) is 12.0 Å². The maximum atomic E-state index is 15.5. The molecule has 1 saturated heterocycles. The molecule has 0 spiro atoms. The lowest BCUT2D eigenvalue weighted by Crippen LogP contribution is -2.71. The van der Waals surface area contributed by atoms with Crippen LogP contribution >= 0.6 is 11.6 Å². The molecule has 3 aromatic rings. The van der Waals surface area contributed by atoms with Crippen LogP contribution in [0.2, 0.25) is 5.02 Å². The molecule has 37 heavy (non-hydrogen) atoms. The summed E-state index contributed by atoms with van der Waals surface area (Å²) < 4.78 is 15.5. The average molecular weight is 520 g/mol. The molecule has 2 aliphatic heterocycles. The predicted molar refractivity (Wildman–Crippen MR) is 141 cm³/mol. The Morgan fingerprint density at radius 1 is 1.00 bits per heavy atom. The number of carbonyl (C=O) groups excluding carboxylic acids is 1. The Hall–Kier alpha value is -3.26. The van der Waals surface area contributed by atoms with Crippen molar-refractivity contribution in [3.8, 4) is 11.1 Å². The van der Waals surface area contributed by atoms with E-state index in [-0.39, 0.29) is 22.3 Å². The highest BCUT2D eigenvalue weighted by Gasteiger charge is 2.63. The molecule has 3 aromatic carbocycles. The number of rotatable bonds is 5. The van der Waals surface area contributed by atoms with E-state index in [0.717, 1.165) is 24.0 Å². The van der Waals surface area contributed by atoms with Crippen molar-refractivity contribution in [3.63, 3.8) is 0 Å². The highest BCUT2D eigenvalue weighted by Crippen LogP contribution is 2.50. The Morgan fingerprint density at radius 2 is 1.65 bits per heavy atom. The number of hydrogen-bond donors (Lipinski definition) is 2. The fraction of sp³-hybridized carbons (Fsp3) is 0.310. The van der Waals surface area contributed by atoms with Gasteiger partial charge in [-0.15, -0.1) is 0 Å². The van der Waals surface area contributed by atoms with Crippen molar-refractivity contribution >= 4 is 29.0 Å². The van der Waals surface area contributed by atoms with E-state index in [0.29, 0.717) is 31.7 Å². The Balaban J connectivity index is 1.59. The van der Waals surface area contributed by atoms with Crippen molar-refractivity contribution in [2.24, 2.45) is 0 Å². The molecule has 8 heteroatoms. The summed E-state index contributed by atoms with van der Waals surface area (Å²) in [4.78, 5) is 31.8. The number of halogens is 2. The first-order chi connectivity index (χ1) is 17.9. The van der Waals surface area contributed by atoms with Crippen molar-refractivity contribution in [2.75, 3.05) is 31.1 Å². The van der Waals surface area contributed by atoms with E-state index in [1.54, 1.807) is 12.1 Å². The molecule has 0 radical (unpaired) electrons. The quantitative estimate of drug-likeness (QED) is 0.481. The van der Waals surface area contributed by atoms with Gasteiger partial charge in [-0.2, -0.15) is 0 Å². The lowest BCUT2D eigenvalue weighted by Gasteiger charge is -2.53. The number of carboxylic acid groups (broad SMARTS) is 1. The normalized spacial score (nSPS) is 24.1. The highest BCUT2D eigenvalue weighted by atomic mass is 35.5. The van der Waals surface area contributed by atoms with Crippen LogP contribution in [-0.2, 0) is 10.2 Å². The lowest BCUT2D eigenvalue weighted by molar-refractivity contribution is -0.145. The summed E-state index contributed by atoms with van der Waals surface area (Å²) in [6.07, 6.45) is 0.736. The molecule has 2 fully saturated rings. The van der Waals surface area contributed by atoms with Gasteiger partial charge in [-0.3, -0.25) is 14.5 Å². The van der Waals surface area contributed by atoms with Gasteiger partial charge in [0.2, 0.25) is 0 Å². The molecule has 0 amide bonds. The standard InChI is InChI=1S/C29H27ClFN3O3/c30-21-16-23-25(24(31)17-21)34(22-10-11-22)27(33-14-12-32-13-15-33)29(26(23)35,28(36)37)20-8-6-19(7-9-20)18-4-2-1-3-5-18/h1-9,16-17,22,27,32H,10-15H2,(H,36,37). The van der Waals surface area contributed by atoms with E-state index in [2.05, 4.69) is 5.32 Å². The minimum atomic E-state index is -1.96. The molecule has 190 valence electrons. The summed E-state index contributed by atoms with van der Waals surface area (Å²) in [7, 11) is 0. The average Bonchev–Trinajstić information content (AvgIpc) is 3.75. The number of carbonyl (C=O) groups is 2. The van der Waals surface area contributed by atoms with Crippen molar-refractivity contribution in [1.82, 2.24) is 10.2 Å². The van der Waals surface area contributed by atoms with Crippen LogP contribution < -0.4 is 10.2 Å². The van der Waals surface area contributed by atoms with Crippen molar-refractivity contribution in [1.29, 1.82) is 0 Å². The first kappa shape index (κ1) is 24.1. The number of nitrogens with one attached hydrogen (secondary N) is 1. The number of benzene rings is 3. The number of piperazine rings is 1. The van der Waals surface area contributed by atoms with Crippen molar-refractivity contribution in [2.45, 2.75) is 30.5 Å². The number of fused-ring (bicyclic) bond motifs is 1. The van der Waals surface area contributed by atoms with Gasteiger partial charge in [-0.1, -0.05) is 66.2 Å². The molecule has 0 bridgehead atoms. The number of ketones is 1. The van der Waals surface area contributed by atoms with E-state index >= 15 is 4.39 Å². The number of anilines is 1. The highest BCUT2D eigenvalue weighted by molar-refractivity contribution is 6.32. The molecular formula is C29H27ClFN3O3. The van der Waals surface area contributed by atoms with Gasteiger partial charge in [-0.05, 0) is 41.7 Å². The van der Waals surface area contributed by atoms with Gasteiger partial charge >= 0.3 is 5.97 Å². The predicted octanol–water partition coefficient (Wildman–Crippen LogP) is 4.57. The van der Waals surface area contributed by atoms with Gasteiger partial charge in [0, 0.05) is 42.8 Å². The smallest absolute Gasteiger partial charge is 0.325 e. The van der Waals surface area contributed by atoms with Crippen LogP contribution in [0, 0.1) is 5.82 Å². The largest absolute Gasteiger partial charge is 0.480 e. The third-order valence-electron chi connectivity index (χ3n) is 7.76. The Morgan fingerprint density at radius 3 is 2.27 bits per heavy atom. The Kier molecular flexibility index (Phi) is 6.02. The monoisotopic (exact) mass is 519 g/mol. The maximum absolute atomic E-state index is 15.5. The SMILES string of the molecule is O=C(O)C1(c2ccc(-c3ccccc3)cc2)C(=O)c2cc(Cl)cc(F)c2N(C2CC2)C1N1CCNCC1. The summed E-state index contributed by atoms with van der Waals surface area (Å²) in [5.74, 6) is -2.48. The van der Waals surface area contributed by atoms with E-state index in [1.165, 1.54) is 12.1 Å². The molecule has 2 atom stereocenters. The fourth-order valence-electron chi connectivity index (χ4n) is 5.94. The molecule has 6 rings (SSSR count). The second-order valence-corrected chi connectivity index (χ2v) is 10.4. The first-order valence-electron chi connectivity index (χ1n) is 12.6. The van der Waals surface area contributed by atoms with E-state index in [9.17, 15) is 14.7 Å². The van der Waals surface area contributed by atoms with Gasteiger partial charge in [0.05, 0.1) is 5.69 Å². The van der Waals surface area contributed by atoms with Crippen LogP contribution in [0.15, 0.2) is 66.7 Å². The summed E-state index contributed by atoms with van der Waals surface area (Å²) >= 11 is 6.21. The number of Topliss-reactive ketones (excluding diaryl/α,β-unsaturated/α-hetero) is 1. The summed E-state index contributed by atoms with van der Waals surface area (Å²) in [5, 5.41) is 14.3. The Labute approximate surface area is 219 Å². The zero-order chi connectivity index (χ0) is 25.7. The lowest BCUT2D eigenvalue weighted by atomic mass is 9.67. The minimum absolute atomic E-state index is 0.0258. The zero-order valence-corrected chi connectivity index (χ0v) is 20.9. The third-order valence-corrected chi connectivity index (χ3v) is 7.98. The number of carboxylic acids is 1. The van der Waals surface area contributed by atoms with Crippen LogP contribution in [0.1, 0.15) is 28.8 Å². The Bertz CT molecular complexity index is 1360. The molecular weight excluding hydrogens is 493 g/mol. The topological polar surface area (TPSA) is 72.9 Å². The van der Waals surface area contributed by atoms with Gasteiger partial charge in [0.15, 0.2) is 11.2 Å². The zero-order valence-electron chi connectivity index (χ0n) is 20.2. The second-order valence-electron chi connectivity index (χ2n) is 9.97. The van der Waals surface area contributed by atoms with Crippen molar-refractivity contribution in [3.05, 3.63) is 88.7 Å². The van der Waals surface area contributed by atoms with Gasteiger partial charge in [-0.25, -0.2) is 4.39 Å². The van der Waals surface area contributed by atoms with Gasteiger partial charge in [0.25, 0.3) is 0 Å². The number of aliphatic carboxylic acids is 1. The fourth-order valence-corrected chi connectivity index (χ4v) is 6.15. The van der Waals surface area contributed by atoms with Gasteiger partial charge < -0.3 is 15.3 Å². The van der Waals surface area contributed by atoms with Crippen molar-refractivity contribution < 1.29 is 19.1 Å². The molecule has 1 saturated carbocycles. The van der Waals surface area contributed by atoms with E-state index in [1.807, 2.05) is 52.3 Å². The minimum Gasteiger partial charge on any atom is -0.480 e.